The van der Waals surface area contributed by atoms with Crippen LogP contribution in [0, 0.1) is 0 Å². The molecule has 144 valence electrons. The van der Waals surface area contributed by atoms with Crippen LogP contribution < -0.4 is 10.1 Å². The van der Waals surface area contributed by atoms with Crippen LogP contribution in [0.1, 0.15) is 12.8 Å². The number of carbonyl (C=O) groups excluding carboxylic acids is 1. The summed E-state index contributed by atoms with van der Waals surface area (Å²) in [4.78, 5) is 16.5. The van der Waals surface area contributed by atoms with Crippen LogP contribution in [0.25, 0.3) is 22.8 Å². The monoisotopic (exact) mass is 379 g/mol. The molecule has 1 unspecified atom stereocenters. The first-order valence-corrected chi connectivity index (χ1v) is 9.29. The summed E-state index contributed by atoms with van der Waals surface area (Å²) in [6.45, 7) is 1.18. The standard InChI is InChI=1S/C21H21N3O4/c25-19(22-13-16-9-6-12-26-16)14-27-18-11-5-4-10-17(18)21-23-20(24-28-21)15-7-2-1-3-8-15/h1-5,7-8,10-11,16H,6,9,12-14H2,(H,22,25). The third kappa shape index (κ3) is 4.37. The minimum absolute atomic E-state index is 0.0938. The van der Waals surface area contributed by atoms with Gasteiger partial charge in [-0.2, -0.15) is 4.98 Å². The Morgan fingerprint density at radius 1 is 1.14 bits per heavy atom. The molecule has 3 aromatic rings. The Kier molecular flexibility index (Phi) is 5.63. The van der Waals surface area contributed by atoms with Crippen molar-refractivity contribution < 1.29 is 18.8 Å². The van der Waals surface area contributed by atoms with Crippen molar-refractivity contribution in [2.24, 2.45) is 0 Å². The lowest BCUT2D eigenvalue weighted by Gasteiger charge is -2.12. The van der Waals surface area contributed by atoms with E-state index in [0.717, 1.165) is 25.0 Å². The lowest BCUT2D eigenvalue weighted by atomic mass is 10.2. The van der Waals surface area contributed by atoms with Crippen molar-refractivity contribution in [2.45, 2.75) is 18.9 Å². The van der Waals surface area contributed by atoms with Crippen molar-refractivity contribution in [3.05, 3.63) is 54.6 Å². The maximum atomic E-state index is 12.1. The molecule has 1 amide bonds. The average Bonchev–Trinajstić information content (AvgIpc) is 3.44. The fourth-order valence-electron chi connectivity index (χ4n) is 3.03. The number of nitrogens with one attached hydrogen (secondary N) is 1. The maximum Gasteiger partial charge on any atom is 0.262 e. The molecule has 7 nitrogen and oxygen atoms in total. The van der Waals surface area contributed by atoms with Gasteiger partial charge in [0.1, 0.15) is 5.75 Å². The topological polar surface area (TPSA) is 86.5 Å². The molecule has 0 saturated carbocycles. The normalized spacial score (nSPS) is 16.1. The highest BCUT2D eigenvalue weighted by Crippen LogP contribution is 2.30. The summed E-state index contributed by atoms with van der Waals surface area (Å²) in [5, 5.41) is 6.88. The molecule has 0 aliphatic carbocycles. The SMILES string of the molecule is O=C(COc1ccccc1-c1nc(-c2ccccc2)no1)NCC1CCCO1. The number of hydrogen-bond acceptors (Lipinski definition) is 6. The first kappa shape index (κ1) is 18.2. The van der Waals surface area contributed by atoms with Crippen LogP contribution >= 0.6 is 0 Å². The number of aromatic nitrogens is 2. The first-order chi connectivity index (χ1) is 13.8. The van der Waals surface area contributed by atoms with Crippen LogP contribution in [0.2, 0.25) is 0 Å². The Morgan fingerprint density at radius 3 is 2.79 bits per heavy atom. The fraction of sp³-hybridized carbons (Fsp3) is 0.286. The van der Waals surface area contributed by atoms with E-state index < -0.39 is 0 Å². The third-order valence-corrected chi connectivity index (χ3v) is 4.49. The second-order valence-corrected chi connectivity index (χ2v) is 6.51. The van der Waals surface area contributed by atoms with Gasteiger partial charge in [-0.15, -0.1) is 0 Å². The Morgan fingerprint density at radius 2 is 1.96 bits per heavy atom. The van der Waals surface area contributed by atoms with Gasteiger partial charge in [0.25, 0.3) is 11.8 Å². The molecule has 1 saturated heterocycles. The number of benzene rings is 2. The molecule has 1 aliphatic heterocycles. The zero-order chi connectivity index (χ0) is 19.2. The minimum atomic E-state index is -0.194. The summed E-state index contributed by atoms with van der Waals surface area (Å²) in [6.07, 6.45) is 2.12. The van der Waals surface area contributed by atoms with Crippen molar-refractivity contribution in [3.8, 4) is 28.6 Å². The summed E-state index contributed by atoms with van der Waals surface area (Å²) in [6, 6.07) is 16.9. The first-order valence-electron chi connectivity index (χ1n) is 9.29. The van der Waals surface area contributed by atoms with E-state index in [9.17, 15) is 4.79 Å². The number of carbonyl (C=O) groups is 1. The lowest BCUT2D eigenvalue weighted by molar-refractivity contribution is -0.123. The van der Waals surface area contributed by atoms with E-state index in [1.165, 1.54) is 0 Å². The highest BCUT2D eigenvalue weighted by Gasteiger charge is 2.18. The van der Waals surface area contributed by atoms with Gasteiger partial charge in [-0.05, 0) is 25.0 Å². The molecule has 1 fully saturated rings. The van der Waals surface area contributed by atoms with Crippen LogP contribution in [0.3, 0.4) is 0 Å². The number of ether oxygens (including phenoxy) is 2. The summed E-state index contributed by atoms with van der Waals surface area (Å²) in [5.74, 6) is 1.16. The molecule has 0 radical (unpaired) electrons. The largest absolute Gasteiger partial charge is 0.483 e. The fourth-order valence-corrected chi connectivity index (χ4v) is 3.03. The van der Waals surface area contributed by atoms with Gasteiger partial charge < -0.3 is 19.3 Å². The van der Waals surface area contributed by atoms with E-state index in [1.807, 2.05) is 48.5 Å². The second kappa shape index (κ2) is 8.67. The van der Waals surface area contributed by atoms with Gasteiger partial charge in [-0.3, -0.25) is 4.79 Å². The van der Waals surface area contributed by atoms with Gasteiger partial charge in [-0.1, -0.05) is 47.6 Å². The van der Waals surface area contributed by atoms with Gasteiger partial charge in [0, 0.05) is 18.7 Å². The smallest absolute Gasteiger partial charge is 0.262 e. The van der Waals surface area contributed by atoms with Crippen molar-refractivity contribution in [1.29, 1.82) is 0 Å². The van der Waals surface area contributed by atoms with E-state index in [2.05, 4.69) is 15.5 Å². The van der Waals surface area contributed by atoms with Crippen LogP contribution in [0.5, 0.6) is 5.75 Å². The van der Waals surface area contributed by atoms with Crippen LogP contribution in [-0.4, -0.2) is 41.9 Å². The van der Waals surface area contributed by atoms with Crippen LogP contribution in [0.4, 0.5) is 0 Å². The third-order valence-electron chi connectivity index (χ3n) is 4.49. The molecular weight excluding hydrogens is 358 g/mol. The van der Waals surface area contributed by atoms with Crippen molar-refractivity contribution in [1.82, 2.24) is 15.5 Å². The van der Waals surface area contributed by atoms with Gasteiger partial charge in [0.05, 0.1) is 11.7 Å². The number of para-hydroxylation sites is 1. The van der Waals surface area contributed by atoms with Crippen LogP contribution in [0.15, 0.2) is 59.1 Å². The molecular formula is C21H21N3O4. The zero-order valence-electron chi connectivity index (χ0n) is 15.3. The van der Waals surface area contributed by atoms with Gasteiger partial charge >= 0.3 is 0 Å². The zero-order valence-corrected chi connectivity index (χ0v) is 15.3. The molecule has 28 heavy (non-hydrogen) atoms. The average molecular weight is 379 g/mol. The van der Waals surface area contributed by atoms with Crippen molar-refractivity contribution >= 4 is 5.91 Å². The van der Waals surface area contributed by atoms with Crippen LogP contribution in [-0.2, 0) is 9.53 Å². The molecule has 1 N–H and O–H groups in total. The van der Waals surface area contributed by atoms with Crippen molar-refractivity contribution in [3.63, 3.8) is 0 Å². The molecule has 2 heterocycles. The van der Waals surface area contributed by atoms with Crippen molar-refractivity contribution in [2.75, 3.05) is 19.8 Å². The summed E-state index contributed by atoms with van der Waals surface area (Å²) in [7, 11) is 0. The number of amides is 1. The predicted octanol–water partition coefficient (Wildman–Crippen LogP) is 3.08. The second-order valence-electron chi connectivity index (χ2n) is 6.51. The summed E-state index contributed by atoms with van der Waals surface area (Å²) < 4.78 is 16.6. The lowest BCUT2D eigenvalue weighted by Crippen LogP contribution is -2.35. The Balaban J connectivity index is 1.41. The highest BCUT2D eigenvalue weighted by molar-refractivity contribution is 5.78. The van der Waals surface area contributed by atoms with E-state index in [0.29, 0.717) is 29.6 Å². The molecule has 1 atom stereocenters. The Labute approximate surface area is 162 Å². The predicted molar refractivity (Wildman–Crippen MR) is 103 cm³/mol. The van der Waals surface area contributed by atoms with E-state index >= 15 is 0 Å². The summed E-state index contributed by atoms with van der Waals surface area (Å²) in [5.41, 5.74) is 1.51. The summed E-state index contributed by atoms with van der Waals surface area (Å²) >= 11 is 0. The van der Waals surface area contributed by atoms with E-state index in [-0.39, 0.29) is 18.6 Å². The minimum Gasteiger partial charge on any atom is -0.483 e. The Bertz CT molecular complexity index is 920. The molecule has 0 spiro atoms. The maximum absolute atomic E-state index is 12.1. The number of nitrogens with zero attached hydrogens (tertiary/aromatic N) is 2. The van der Waals surface area contributed by atoms with Gasteiger partial charge in [0.15, 0.2) is 6.61 Å². The number of rotatable bonds is 7. The molecule has 1 aliphatic rings. The highest BCUT2D eigenvalue weighted by atomic mass is 16.5. The van der Waals surface area contributed by atoms with Gasteiger partial charge in [0.2, 0.25) is 5.82 Å². The van der Waals surface area contributed by atoms with E-state index in [4.69, 9.17) is 14.0 Å². The van der Waals surface area contributed by atoms with Gasteiger partial charge in [-0.25, -0.2) is 0 Å². The quantitative estimate of drug-likeness (QED) is 0.679. The molecule has 0 bridgehead atoms. The molecule has 1 aromatic heterocycles. The van der Waals surface area contributed by atoms with E-state index in [1.54, 1.807) is 6.07 Å². The number of hydrogen-bond donors (Lipinski definition) is 1. The molecule has 4 rings (SSSR count). The molecule has 2 aromatic carbocycles. The molecule has 7 heteroatoms. The Hall–Kier alpha value is -3.19.